The van der Waals surface area contributed by atoms with Crippen LogP contribution in [0.25, 0.3) is 0 Å². The summed E-state index contributed by atoms with van der Waals surface area (Å²) in [7, 11) is -3.19. The maximum atomic E-state index is 12.3. The van der Waals surface area contributed by atoms with Gasteiger partial charge in [-0.1, -0.05) is 15.9 Å². The van der Waals surface area contributed by atoms with E-state index >= 15 is 0 Å². The third kappa shape index (κ3) is 5.53. The van der Waals surface area contributed by atoms with Crippen molar-refractivity contribution < 1.29 is 8.42 Å². The fourth-order valence-corrected chi connectivity index (χ4v) is 4.18. The van der Waals surface area contributed by atoms with Crippen molar-refractivity contribution in [2.45, 2.75) is 30.8 Å². The third-order valence-electron chi connectivity index (χ3n) is 3.48. The monoisotopic (exact) mass is 396 g/mol. The summed E-state index contributed by atoms with van der Waals surface area (Å²) in [6.45, 7) is 6.66. The summed E-state index contributed by atoms with van der Waals surface area (Å²) in [5.74, 6) is 0.175. The van der Waals surface area contributed by atoms with Gasteiger partial charge in [0.15, 0.2) is 9.84 Å². The molecule has 0 aromatic heterocycles. The number of nitrogens with one attached hydrogen (secondary N) is 1. The summed E-state index contributed by atoms with van der Waals surface area (Å²) in [5, 5.41) is 3.45. The summed E-state index contributed by atoms with van der Waals surface area (Å²) in [5.41, 5.74) is 0. The Kier molecular flexibility index (Phi) is 7.13. The van der Waals surface area contributed by atoms with Crippen LogP contribution in [0, 0.1) is 0 Å². The molecule has 0 saturated carbocycles. The summed E-state index contributed by atoms with van der Waals surface area (Å²) in [6, 6.07) is 7.66. The minimum Gasteiger partial charge on any atom is -0.309 e. The van der Waals surface area contributed by atoms with Crippen molar-refractivity contribution in [3.63, 3.8) is 0 Å². The van der Waals surface area contributed by atoms with Gasteiger partial charge in [-0.25, -0.2) is 8.42 Å². The van der Waals surface area contributed by atoms with Gasteiger partial charge in [0.1, 0.15) is 0 Å². The molecule has 2 unspecified atom stereocenters. The van der Waals surface area contributed by atoms with Crippen LogP contribution in [0.15, 0.2) is 33.6 Å². The second-order valence-corrected chi connectivity index (χ2v) is 8.53. The second-order valence-electron chi connectivity index (χ2n) is 5.50. The van der Waals surface area contributed by atoms with Crippen LogP contribution in [-0.2, 0) is 9.84 Å². The van der Waals surface area contributed by atoms with E-state index in [2.05, 4.69) is 40.0 Å². The Morgan fingerprint density at radius 2 is 1.71 bits per heavy atom. The number of piperazine rings is 1. The Morgan fingerprint density at radius 1 is 1.19 bits per heavy atom. The lowest BCUT2D eigenvalue weighted by Gasteiger charge is -2.36. The van der Waals surface area contributed by atoms with E-state index in [1.54, 1.807) is 24.3 Å². The quantitative estimate of drug-likeness (QED) is 0.847. The highest BCUT2D eigenvalue weighted by atomic mass is 79.9. The number of nitrogens with zero attached hydrogens (tertiary/aromatic N) is 1. The zero-order chi connectivity index (χ0) is 14.8. The number of rotatable bonds is 4. The van der Waals surface area contributed by atoms with Crippen molar-refractivity contribution in [3.05, 3.63) is 28.7 Å². The Morgan fingerprint density at radius 3 is 2.24 bits per heavy atom. The van der Waals surface area contributed by atoms with Crippen molar-refractivity contribution in [3.8, 4) is 0 Å². The van der Waals surface area contributed by atoms with Gasteiger partial charge < -0.3 is 5.32 Å². The molecule has 1 aromatic rings. The maximum Gasteiger partial charge on any atom is 0.179 e. The van der Waals surface area contributed by atoms with Crippen LogP contribution in [0.1, 0.15) is 13.8 Å². The normalized spacial score (nSPS) is 23.6. The molecular formula is C14H22BrClN2O2S. The number of hydrogen-bond donors (Lipinski definition) is 1. The molecule has 0 spiro atoms. The Balaban J connectivity index is 0.00000220. The molecule has 0 amide bonds. The van der Waals surface area contributed by atoms with Crippen LogP contribution >= 0.6 is 28.3 Å². The molecule has 21 heavy (non-hydrogen) atoms. The molecule has 2 atom stereocenters. The molecular weight excluding hydrogens is 376 g/mol. The van der Waals surface area contributed by atoms with Crippen molar-refractivity contribution >= 4 is 38.2 Å². The summed E-state index contributed by atoms with van der Waals surface area (Å²) < 4.78 is 25.5. The van der Waals surface area contributed by atoms with Gasteiger partial charge in [0, 0.05) is 36.2 Å². The van der Waals surface area contributed by atoms with Gasteiger partial charge in [-0.2, -0.15) is 0 Å². The van der Waals surface area contributed by atoms with Gasteiger partial charge in [-0.05, 0) is 38.1 Å². The molecule has 0 radical (unpaired) electrons. The molecule has 1 N–H and O–H groups in total. The summed E-state index contributed by atoms with van der Waals surface area (Å²) in [6.07, 6.45) is 0. The minimum atomic E-state index is -3.19. The molecule has 1 aliphatic heterocycles. The van der Waals surface area contributed by atoms with E-state index in [1.807, 2.05) is 0 Å². The number of benzene rings is 1. The van der Waals surface area contributed by atoms with Crippen LogP contribution in [0.3, 0.4) is 0 Å². The van der Waals surface area contributed by atoms with E-state index in [0.29, 0.717) is 23.5 Å². The number of halogens is 2. The van der Waals surface area contributed by atoms with Crippen molar-refractivity contribution in [1.29, 1.82) is 0 Å². The molecule has 1 heterocycles. The molecule has 7 heteroatoms. The van der Waals surface area contributed by atoms with E-state index in [4.69, 9.17) is 0 Å². The highest BCUT2D eigenvalue weighted by Gasteiger charge is 2.23. The first-order valence-electron chi connectivity index (χ1n) is 6.83. The molecule has 1 fully saturated rings. The first-order chi connectivity index (χ1) is 9.37. The Bertz CT molecular complexity index is 541. The van der Waals surface area contributed by atoms with E-state index in [0.717, 1.165) is 17.6 Å². The summed E-state index contributed by atoms with van der Waals surface area (Å²) >= 11 is 3.32. The van der Waals surface area contributed by atoms with Crippen molar-refractivity contribution in [2.24, 2.45) is 0 Å². The van der Waals surface area contributed by atoms with E-state index in [-0.39, 0.29) is 18.2 Å². The third-order valence-corrected chi connectivity index (χ3v) is 5.72. The molecule has 2 rings (SSSR count). The first kappa shape index (κ1) is 18.9. The zero-order valence-electron chi connectivity index (χ0n) is 12.3. The topological polar surface area (TPSA) is 49.4 Å². The first-order valence-corrected chi connectivity index (χ1v) is 9.28. The van der Waals surface area contributed by atoms with E-state index in [1.165, 1.54) is 0 Å². The van der Waals surface area contributed by atoms with E-state index in [9.17, 15) is 8.42 Å². The SMILES string of the molecule is CC1CN(CCS(=O)(=O)c2ccc(Br)cc2)CC(C)N1.Cl. The van der Waals surface area contributed by atoms with Gasteiger partial charge in [-0.15, -0.1) is 12.4 Å². The highest BCUT2D eigenvalue weighted by Crippen LogP contribution is 2.16. The second kappa shape index (κ2) is 7.92. The minimum absolute atomic E-state index is 0. The molecule has 1 aliphatic rings. The lowest BCUT2D eigenvalue weighted by atomic mass is 10.1. The van der Waals surface area contributed by atoms with Crippen molar-refractivity contribution in [2.75, 3.05) is 25.4 Å². The van der Waals surface area contributed by atoms with Gasteiger partial charge in [0.05, 0.1) is 10.6 Å². The number of sulfone groups is 1. The predicted molar refractivity (Wildman–Crippen MR) is 91.9 cm³/mol. The highest BCUT2D eigenvalue weighted by molar-refractivity contribution is 9.10. The van der Waals surface area contributed by atoms with Gasteiger partial charge in [0.25, 0.3) is 0 Å². The average Bonchev–Trinajstić information content (AvgIpc) is 2.36. The van der Waals surface area contributed by atoms with Crippen LogP contribution in [0.2, 0.25) is 0 Å². The fraction of sp³-hybridized carbons (Fsp3) is 0.571. The maximum absolute atomic E-state index is 12.3. The molecule has 4 nitrogen and oxygen atoms in total. The molecule has 120 valence electrons. The van der Waals surface area contributed by atoms with Gasteiger partial charge in [-0.3, -0.25) is 4.90 Å². The summed E-state index contributed by atoms with van der Waals surface area (Å²) in [4.78, 5) is 2.62. The molecule has 0 aliphatic carbocycles. The standard InChI is InChI=1S/C14H21BrN2O2S.ClH/c1-11-9-17(10-12(2)16-11)7-8-20(18,19)14-5-3-13(15)4-6-14;/h3-6,11-12,16H,7-10H2,1-2H3;1H. The predicted octanol–water partition coefficient (Wildman–Crippen LogP) is 2.33. The van der Waals surface area contributed by atoms with Gasteiger partial charge in [0.2, 0.25) is 0 Å². The zero-order valence-corrected chi connectivity index (χ0v) is 15.5. The lowest BCUT2D eigenvalue weighted by Crippen LogP contribution is -2.54. The number of hydrogen-bond acceptors (Lipinski definition) is 4. The average molecular weight is 398 g/mol. The van der Waals surface area contributed by atoms with Crippen molar-refractivity contribution in [1.82, 2.24) is 10.2 Å². The molecule has 0 bridgehead atoms. The Hall–Kier alpha value is -0.140. The Labute approximate surface area is 141 Å². The molecule has 1 aromatic carbocycles. The largest absolute Gasteiger partial charge is 0.309 e. The molecule has 1 saturated heterocycles. The van der Waals surface area contributed by atoms with Crippen LogP contribution < -0.4 is 5.32 Å². The lowest BCUT2D eigenvalue weighted by molar-refractivity contribution is 0.182. The van der Waals surface area contributed by atoms with Gasteiger partial charge >= 0.3 is 0 Å². The van der Waals surface area contributed by atoms with Crippen LogP contribution in [0.5, 0.6) is 0 Å². The van der Waals surface area contributed by atoms with Crippen LogP contribution in [-0.4, -0.2) is 50.8 Å². The van der Waals surface area contributed by atoms with Crippen LogP contribution in [0.4, 0.5) is 0 Å². The van der Waals surface area contributed by atoms with E-state index < -0.39 is 9.84 Å². The smallest absolute Gasteiger partial charge is 0.179 e. The fourth-order valence-electron chi connectivity index (χ4n) is 2.63.